The second-order valence-corrected chi connectivity index (χ2v) is 6.68. The Morgan fingerprint density at radius 1 is 0.962 bits per heavy atom. The van der Waals surface area contributed by atoms with Crippen molar-refractivity contribution in [2.45, 2.75) is 19.4 Å². The van der Waals surface area contributed by atoms with Crippen molar-refractivity contribution in [1.29, 1.82) is 0 Å². The number of nitrogens with zero attached hydrogens (tertiary/aromatic N) is 2. The zero-order valence-corrected chi connectivity index (χ0v) is 16.3. The van der Waals surface area contributed by atoms with E-state index < -0.39 is 0 Å². The quantitative estimate of drug-likeness (QED) is 0.515. The molecule has 4 nitrogen and oxygen atoms in total. The summed E-state index contributed by atoms with van der Waals surface area (Å²) in [5.41, 5.74) is 11.5. The van der Waals surface area contributed by atoms with Crippen molar-refractivity contribution in [2.75, 3.05) is 0 Å². The van der Waals surface area contributed by atoms with Gasteiger partial charge in [-0.3, -0.25) is 5.10 Å². The van der Waals surface area contributed by atoms with Crippen LogP contribution in [0.5, 0.6) is 0 Å². The first-order chi connectivity index (χ1) is 11.5. The smallest absolute Gasteiger partial charge is 0.0671 e. The third-order valence-corrected chi connectivity index (χ3v) is 4.40. The molecule has 2 aromatic carbocycles. The lowest BCUT2D eigenvalue weighted by Gasteiger charge is -2.20. The predicted molar refractivity (Wildman–Crippen MR) is 113 cm³/mol. The standard InChI is InChI=1S/C20H20N4.2ClH/c1-20(2,21)15-7-5-14(6-8-15)16-9-10-18-17(13-22-23-18)19(16)24-11-3-4-12-24;;/h3-13H,21H2,1-2H3,(H,22,23);2*1H. The van der Waals surface area contributed by atoms with E-state index in [1.54, 1.807) is 0 Å². The van der Waals surface area contributed by atoms with Crippen LogP contribution in [0.4, 0.5) is 0 Å². The van der Waals surface area contributed by atoms with Crippen LogP contribution >= 0.6 is 24.8 Å². The molecular weight excluding hydrogens is 367 g/mol. The molecule has 0 radical (unpaired) electrons. The van der Waals surface area contributed by atoms with Gasteiger partial charge >= 0.3 is 0 Å². The van der Waals surface area contributed by atoms with Crippen LogP contribution in [0.1, 0.15) is 19.4 Å². The Bertz CT molecular complexity index is 981. The monoisotopic (exact) mass is 388 g/mol. The number of H-pyrrole nitrogens is 1. The first-order valence-electron chi connectivity index (χ1n) is 8.03. The van der Waals surface area contributed by atoms with Crippen LogP contribution in [0.2, 0.25) is 0 Å². The Balaban J connectivity index is 0.00000121. The number of fused-ring (bicyclic) bond motifs is 1. The lowest BCUT2D eigenvalue weighted by Crippen LogP contribution is -2.28. The van der Waals surface area contributed by atoms with Crippen molar-refractivity contribution in [1.82, 2.24) is 14.8 Å². The Hall–Kier alpha value is -2.27. The third kappa shape index (κ3) is 3.49. The fourth-order valence-electron chi connectivity index (χ4n) is 3.08. The van der Waals surface area contributed by atoms with E-state index in [0.29, 0.717) is 0 Å². The average molecular weight is 389 g/mol. The van der Waals surface area contributed by atoms with Crippen LogP contribution in [-0.4, -0.2) is 14.8 Å². The van der Waals surface area contributed by atoms with Gasteiger partial charge in [-0.1, -0.05) is 30.3 Å². The van der Waals surface area contributed by atoms with E-state index in [0.717, 1.165) is 27.7 Å². The number of halogens is 2. The second-order valence-electron chi connectivity index (χ2n) is 6.68. The highest BCUT2D eigenvalue weighted by Crippen LogP contribution is 2.33. The summed E-state index contributed by atoms with van der Waals surface area (Å²) in [5.74, 6) is 0. The zero-order chi connectivity index (χ0) is 16.7. The van der Waals surface area contributed by atoms with Gasteiger partial charge in [-0.15, -0.1) is 24.8 Å². The number of benzene rings is 2. The minimum Gasteiger partial charge on any atom is -0.323 e. The number of aromatic amines is 1. The van der Waals surface area contributed by atoms with Gasteiger partial charge in [-0.2, -0.15) is 5.10 Å². The van der Waals surface area contributed by atoms with E-state index in [4.69, 9.17) is 5.73 Å². The topological polar surface area (TPSA) is 59.6 Å². The molecule has 6 heteroatoms. The van der Waals surface area contributed by atoms with Gasteiger partial charge < -0.3 is 10.3 Å². The summed E-state index contributed by atoms with van der Waals surface area (Å²) < 4.78 is 2.13. The Kier molecular flexibility index (Phi) is 5.81. The molecule has 0 aliphatic rings. The minimum absolute atomic E-state index is 0. The molecule has 2 heterocycles. The van der Waals surface area contributed by atoms with Crippen LogP contribution < -0.4 is 5.73 Å². The van der Waals surface area contributed by atoms with E-state index >= 15 is 0 Å². The van der Waals surface area contributed by atoms with E-state index in [9.17, 15) is 0 Å². The van der Waals surface area contributed by atoms with E-state index in [2.05, 4.69) is 63.6 Å². The molecule has 4 aromatic rings. The fraction of sp³-hybridized carbons (Fsp3) is 0.150. The maximum atomic E-state index is 6.20. The fourth-order valence-corrected chi connectivity index (χ4v) is 3.08. The highest BCUT2D eigenvalue weighted by Gasteiger charge is 2.16. The van der Waals surface area contributed by atoms with Crippen molar-refractivity contribution in [3.8, 4) is 16.8 Å². The maximum Gasteiger partial charge on any atom is 0.0671 e. The lowest BCUT2D eigenvalue weighted by molar-refractivity contribution is 0.554. The van der Waals surface area contributed by atoms with Gasteiger partial charge in [0.15, 0.2) is 0 Å². The van der Waals surface area contributed by atoms with Crippen molar-refractivity contribution in [3.05, 3.63) is 72.7 Å². The molecule has 0 amide bonds. The first kappa shape index (κ1) is 20.0. The molecule has 0 saturated heterocycles. The zero-order valence-electron chi connectivity index (χ0n) is 14.6. The van der Waals surface area contributed by atoms with Crippen molar-refractivity contribution in [2.24, 2.45) is 5.73 Å². The number of nitrogens with two attached hydrogens (primary N) is 1. The molecule has 3 N–H and O–H groups in total. The summed E-state index contributed by atoms with van der Waals surface area (Å²) in [4.78, 5) is 0. The Morgan fingerprint density at radius 2 is 1.62 bits per heavy atom. The number of aromatic nitrogens is 3. The van der Waals surface area contributed by atoms with Crippen LogP contribution in [0.15, 0.2) is 67.1 Å². The van der Waals surface area contributed by atoms with Gasteiger partial charge in [0.25, 0.3) is 0 Å². The molecule has 0 aliphatic heterocycles. The van der Waals surface area contributed by atoms with Crippen molar-refractivity contribution >= 4 is 35.7 Å². The molecule has 0 atom stereocenters. The summed E-state index contributed by atoms with van der Waals surface area (Å²) in [5, 5.41) is 8.35. The molecule has 136 valence electrons. The van der Waals surface area contributed by atoms with E-state index in [1.807, 2.05) is 32.2 Å². The van der Waals surface area contributed by atoms with Crippen molar-refractivity contribution < 1.29 is 0 Å². The van der Waals surface area contributed by atoms with Gasteiger partial charge in [0.2, 0.25) is 0 Å². The highest BCUT2D eigenvalue weighted by atomic mass is 35.5. The summed E-state index contributed by atoms with van der Waals surface area (Å²) in [6.07, 6.45) is 6.00. The Morgan fingerprint density at radius 3 is 2.23 bits per heavy atom. The average Bonchev–Trinajstić information content (AvgIpc) is 3.24. The summed E-state index contributed by atoms with van der Waals surface area (Å²) in [6.45, 7) is 4.04. The molecule has 0 aliphatic carbocycles. The molecule has 26 heavy (non-hydrogen) atoms. The van der Waals surface area contributed by atoms with Crippen LogP contribution in [0.25, 0.3) is 27.7 Å². The first-order valence-corrected chi connectivity index (χ1v) is 8.03. The Labute approximate surface area is 165 Å². The van der Waals surface area contributed by atoms with Gasteiger partial charge in [0.05, 0.1) is 17.4 Å². The molecule has 0 unspecified atom stereocenters. The molecular formula is C20H22Cl2N4. The van der Waals surface area contributed by atoms with E-state index in [-0.39, 0.29) is 30.4 Å². The normalized spacial score (nSPS) is 11.0. The number of hydrogen-bond acceptors (Lipinski definition) is 2. The molecule has 0 bridgehead atoms. The van der Waals surface area contributed by atoms with E-state index in [1.165, 1.54) is 5.56 Å². The maximum absolute atomic E-state index is 6.20. The molecule has 0 spiro atoms. The third-order valence-electron chi connectivity index (χ3n) is 4.40. The summed E-state index contributed by atoms with van der Waals surface area (Å²) >= 11 is 0. The molecule has 2 aromatic heterocycles. The van der Waals surface area contributed by atoms with Crippen LogP contribution in [-0.2, 0) is 5.54 Å². The molecule has 0 fully saturated rings. The van der Waals surface area contributed by atoms with Gasteiger partial charge in [0, 0.05) is 28.9 Å². The van der Waals surface area contributed by atoms with Crippen LogP contribution in [0, 0.1) is 0 Å². The second kappa shape index (κ2) is 7.54. The number of rotatable bonds is 3. The van der Waals surface area contributed by atoms with Gasteiger partial charge in [0.1, 0.15) is 0 Å². The molecule has 4 rings (SSSR count). The summed E-state index contributed by atoms with van der Waals surface area (Å²) in [6, 6.07) is 16.8. The lowest BCUT2D eigenvalue weighted by atomic mass is 9.93. The molecule has 0 saturated carbocycles. The minimum atomic E-state index is -0.337. The largest absolute Gasteiger partial charge is 0.323 e. The van der Waals surface area contributed by atoms with Crippen molar-refractivity contribution in [3.63, 3.8) is 0 Å². The number of hydrogen-bond donors (Lipinski definition) is 2. The summed E-state index contributed by atoms with van der Waals surface area (Å²) in [7, 11) is 0. The van der Waals surface area contributed by atoms with Gasteiger partial charge in [-0.05, 0) is 43.2 Å². The van der Waals surface area contributed by atoms with Crippen LogP contribution in [0.3, 0.4) is 0 Å². The number of nitrogens with one attached hydrogen (secondary N) is 1. The SMILES string of the molecule is CC(C)(N)c1ccc(-c2ccc3[nH]ncc3c2-n2cccc2)cc1.Cl.Cl. The highest BCUT2D eigenvalue weighted by molar-refractivity contribution is 5.95. The van der Waals surface area contributed by atoms with Gasteiger partial charge in [-0.25, -0.2) is 0 Å². The predicted octanol–water partition coefficient (Wildman–Crippen LogP) is 5.06.